The Morgan fingerprint density at radius 3 is 2.57 bits per heavy atom. The SMILES string of the molecule is N#Cc1cc(/C=C/C(=O)O)ccc1Oc1ccc(Br)cc1. The van der Waals surface area contributed by atoms with Crippen LogP contribution in [0.4, 0.5) is 0 Å². The Kier molecular flexibility index (Phi) is 4.75. The first-order chi connectivity index (χ1) is 10.1. The molecule has 104 valence electrons. The van der Waals surface area contributed by atoms with Gasteiger partial charge in [-0.3, -0.25) is 0 Å². The van der Waals surface area contributed by atoms with E-state index in [0.717, 1.165) is 10.5 Å². The maximum atomic E-state index is 10.5. The van der Waals surface area contributed by atoms with Crippen molar-refractivity contribution in [2.24, 2.45) is 0 Å². The van der Waals surface area contributed by atoms with E-state index in [1.165, 1.54) is 6.08 Å². The molecule has 0 bridgehead atoms. The maximum Gasteiger partial charge on any atom is 0.328 e. The van der Waals surface area contributed by atoms with Crippen LogP contribution in [-0.4, -0.2) is 11.1 Å². The quantitative estimate of drug-likeness (QED) is 0.844. The van der Waals surface area contributed by atoms with Crippen molar-refractivity contribution in [1.29, 1.82) is 5.26 Å². The molecule has 2 rings (SSSR count). The molecule has 1 N–H and O–H groups in total. The van der Waals surface area contributed by atoms with Gasteiger partial charge in [0.1, 0.15) is 17.6 Å². The van der Waals surface area contributed by atoms with Gasteiger partial charge in [0.05, 0.1) is 5.56 Å². The Balaban J connectivity index is 2.26. The van der Waals surface area contributed by atoms with Crippen LogP contribution in [0.2, 0.25) is 0 Å². The molecule has 0 aliphatic heterocycles. The van der Waals surface area contributed by atoms with Gasteiger partial charge in [0.2, 0.25) is 0 Å². The van der Waals surface area contributed by atoms with Crippen molar-refractivity contribution in [3.63, 3.8) is 0 Å². The van der Waals surface area contributed by atoms with Crippen molar-refractivity contribution in [2.45, 2.75) is 0 Å². The van der Waals surface area contributed by atoms with Crippen molar-refractivity contribution in [3.8, 4) is 17.6 Å². The molecular formula is C16H10BrNO3. The van der Waals surface area contributed by atoms with E-state index in [1.54, 1.807) is 30.3 Å². The monoisotopic (exact) mass is 343 g/mol. The van der Waals surface area contributed by atoms with Gasteiger partial charge in [-0.25, -0.2) is 4.79 Å². The minimum Gasteiger partial charge on any atom is -0.478 e. The third-order valence-corrected chi connectivity index (χ3v) is 3.11. The number of carboxylic acid groups (broad SMARTS) is 1. The Morgan fingerprint density at radius 2 is 1.95 bits per heavy atom. The predicted molar refractivity (Wildman–Crippen MR) is 82.0 cm³/mol. The average Bonchev–Trinajstić information content (AvgIpc) is 2.48. The van der Waals surface area contributed by atoms with Crippen LogP contribution in [0, 0.1) is 11.3 Å². The van der Waals surface area contributed by atoms with E-state index in [1.807, 2.05) is 18.2 Å². The number of nitriles is 1. The number of halogens is 1. The largest absolute Gasteiger partial charge is 0.478 e. The normalized spacial score (nSPS) is 10.3. The van der Waals surface area contributed by atoms with E-state index in [0.29, 0.717) is 22.6 Å². The van der Waals surface area contributed by atoms with Crippen LogP contribution < -0.4 is 4.74 Å². The zero-order valence-electron chi connectivity index (χ0n) is 10.8. The van der Waals surface area contributed by atoms with Crippen LogP contribution in [0.25, 0.3) is 6.08 Å². The highest BCUT2D eigenvalue weighted by Crippen LogP contribution is 2.27. The van der Waals surface area contributed by atoms with Gasteiger partial charge in [-0.05, 0) is 48.0 Å². The van der Waals surface area contributed by atoms with E-state index in [4.69, 9.17) is 15.1 Å². The second-order valence-corrected chi connectivity index (χ2v) is 5.01. The van der Waals surface area contributed by atoms with Crippen molar-refractivity contribution in [3.05, 3.63) is 64.1 Å². The summed E-state index contributed by atoms with van der Waals surface area (Å²) in [5, 5.41) is 17.8. The second kappa shape index (κ2) is 6.73. The number of carboxylic acids is 1. The maximum absolute atomic E-state index is 10.5. The first-order valence-electron chi connectivity index (χ1n) is 5.97. The third-order valence-electron chi connectivity index (χ3n) is 2.58. The molecule has 0 saturated heterocycles. The van der Waals surface area contributed by atoms with Gasteiger partial charge < -0.3 is 9.84 Å². The molecule has 0 fully saturated rings. The van der Waals surface area contributed by atoms with Crippen LogP contribution in [-0.2, 0) is 4.79 Å². The molecule has 0 aliphatic carbocycles. The standard InChI is InChI=1S/C16H10BrNO3/c17-13-3-5-14(6-4-13)21-15-7-1-11(2-8-16(19)20)9-12(15)10-18/h1-9H,(H,19,20)/b8-2+. The van der Waals surface area contributed by atoms with Crippen LogP contribution in [0.15, 0.2) is 53.0 Å². The van der Waals surface area contributed by atoms with E-state index in [-0.39, 0.29) is 0 Å². The number of benzene rings is 2. The number of aliphatic carboxylic acids is 1. The number of hydrogen-bond donors (Lipinski definition) is 1. The molecule has 2 aromatic carbocycles. The Labute approximate surface area is 130 Å². The Bertz CT molecular complexity index is 730. The summed E-state index contributed by atoms with van der Waals surface area (Å²) in [5.41, 5.74) is 0.961. The molecule has 0 unspecified atom stereocenters. The van der Waals surface area contributed by atoms with Crippen molar-refractivity contribution in [1.82, 2.24) is 0 Å². The Morgan fingerprint density at radius 1 is 1.24 bits per heavy atom. The van der Waals surface area contributed by atoms with E-state index in [9.17, 15) is 4.79 Å². The average molecular weight is 344 g/mol. The molecule has 5 heteroatoms. The van der Waals surface area contributed by atoms with Crippen LogP contribution in [0.3, 0.4) is 0 Å². The highest BCUT2D eigenvalue weighted by atomic mass is 79.9. The van der Waals surface area contributed by atoms with Crippen LogP contribution in [0.5, 0.6) is 11.5 Å². The number of hydrogen-bond acceptors (Lipinski definition) is 3. The summed E-state index contributed by atoms with van der Waals surface area (Å²) in [6.07, 6.45) is 2.44. The van der Waals surface area contributed by atoms with Gasteiger partial charge in [0.25, 0.3) is 0 Å². The summed E-state index contributed by atoms with van der Waals surface area (Å²) < 4.78 is 6.59. The Hall–Kier alpha value is -2.58. The first-order valence-corrected chi connectivity index (χ1v) is 6.76. The molecule has 0 spiro atoms. The van der Waals surface area contributed by atoms with Gasteiger partial charge in [-0.2, -0.15) is 5.26 Å². The summed E-state index contributed by atoms with van der Waals surface area (Å²) in [7, 11) is 0. The lowest BCUT2D eigenvalue weighted by atomic mass is 10.1. The minimum atomic E-state index is -1.04. The molecule has 2 aromatic rings. The highest BCUT2D eigenvalue weighted by molar-refractivity contribution is 9.10. The predicted octanol–water partition coefficient (Wildman–Crippen LogP) is 4.21. The zero-order valence-corrected chi connectivity index (χ0v) is 12.4. The topological polar surface area (TPSA) is 70.3 Å². The lowest BCUT2D eigenvalue weighted by Gasteiger charge is -2.08. The number of carbonyl (C=O) groups is 1. The van der Waals surface area contributed by atoms with Gasteiger partial charge in [0, 0.05) is 10.5 Å². The first kappa shape index (κ1) is 14.8. The fourth-order valence-electron chi connectivity index (χ4n) is 1.62. The van der Waals surface area contributed by atoms with E-state index >= 15 is 0 Å². The highest BCUT2D eigenvalue weighted by Gasteiger charge is 2.05. The minimum absolute atomic E-state index is 0.338. The smallest absolute Gasteiger partial charge is 0.328 e. The number of ether oxygens (including phenoxy) is 1. The third kappa shape index (κ3) is 4.20. The van der Waals surface area contributed by atoms with Gasteiger partial charge in [0.15, 0.2) is 0 Å². The van der Waals surface area contributed by atoms with Crippen molar-refractivity contribution >= 4 is 28.0 Å². The summed E-state index contributed by atoms with van der Waals surface area (Å²) in [4.78, 5) is 10.5. The van der Waals surface area contributed by atoms with Crippen LogP contribution in [0.1, 0.15) is 11.1 Å². The van der Waals surface area contributed by atoms with Crippen molar-refractivity contribution in [2.75, 3.05) is 0 Å². The molecule has 21 heavy (non-hydrogen) atoms. The molecule has 4 nitrogen and oxygen atoms in total. The van der Waals surface area contributed by atoms with E-state index in [2.05, 4.69) is 15.9 Å². The van der Waals surface area contributed by atoms with Gasteiger partial charge in [-0.15, -0.1) is 0 Å². The van der Waals surface area contributed by atoms with Gasteiger partial charge in [-0.1, -0.05) is 22.0 Å². The fourth-order valence-corrected chi connectivity index (χ4v) is 1.89. The summed E-state index contributed by atoms with van der Waals surface area (Å²) in [5.74, 6) is -0.000442. The molecule has 0 radical (unpaired) electrons. The molecule has 0 saturated carbocycles. The van der Waals surface area contributed by atoms with E-state index < -0.39 is 5.97 Å². The lowest BCUT2D eigenvalue weighted by molar-refractivity contribution is -0.131. The fraction of sp³-hybridized carbons (Fsp3) is 0. The van der Waals surface area contributed by atoms with Crippen LogP contribution >= 0.6 is 15.9 Å². The lowest BCUT2D eigenvalue weighted by Crippen LogP contribution is -1.90. The molecule has 0 aromatic heterocycles. The number of rotatable bonds is 4. The summed E-state index contributed by atoms with van der Waals surface area (Å²) in [6.45, 7) is 0. The zero-order chi connectivity index (χ0) is 15.2. The molecule has 0 aliphatic rings. The summed E-state index contributed by atoms with van der Waals surface area (Å²) in [6, 6.07) is 14.2. The molecular weight excluding hydrogens is 334 g/mol. The number of nitrogens with zero attached hydrogens (tertiary/aromatic N) is 1. The van der Waals surface area contributed by atoms with Gasteiger partial charge >= 0.3 is 5.97 Å². The molecule has 0 amide bonds. The molecule has 0 atom stereocenters. The second-order valence-electron chi connectivity index (χ2n) is 4.09. The molecule has 0 heterocycles. The summed E-state index contributed by atoms with van der Waals surface area (Å²) >= 11 is 3.33. The van der Waals surface area contributed by atoms with Crippen molar-refractivity contribution < 1.29 is 14.6 Å².